The maximum atomic E-state index is 12.6. The first-order chi connectivity index (χ1) is 9.36. The molecular formula is C13H14F3N3O. The standard InChI is InChI=1S/C13H14F3N3O/c1-8(2)17-7-11-18-12(20-19-11)9-4-3-5-10(6-9)13(14,15)16/h3-6,8,17H,7H2,1-2H3. The second kappa shape index (κ2) is 5.62. The molecule has 0 radical (unpaired) electrons. The lowest BCUT2D eigenvalue weighted by Gasteiger charge is -2.06. The minimum atomic E-state index is -4.39. The van der Waals surface area contributed by atoms with Gasteiger partial charge in [-0.15, -0.1) is 0 Å². The van der Waals surface area contributed by atoms with E-state index in [1.165, 1.54) is 12.1 Å². The van der Waals surface area contributed by atoms with Crippen molar-refractivity contribution >= 4 is 0 Å². The van der Waals surface area contributed by atoms with Crippen LogP contribution >= 0.6 is 0 Å². The first-order valence-corrected chi connectivity index (χ1v) is 6.10. The molecule has 2 rings (SSSR count). The van der Waals surface area contributed by atoms with Crippen molar-refractivity contribution in [3.63, 3.8) is 0 Å². The third-order valence-corrected chi connectivity index (χ3v) is 2.57. The molecule has 0 atom stereocenters. The predicted octanol–water partition coefficient (Wildman–Crippen LogP) is 3.25. The molecule has 0 spiro atoms. The summed E-state index contributed by atoms with van der Waals surface area (Å²) < 4.78 is 42.8. The third kappa shape index (κ3) is 3.57. The van der Waals surface area contributed by atoms with Gasteiger partial charge in [-0.1, -0.05) is 25.1 Å². The van der Waals surface area contributed by atoms with Crippen LogP contribution in [0.15, 0.2) is 28.8 Å². The molecule has 0 saturated carbocycles. The zero-order valence-electron chi connectivity index (χ0n) is 11.0. The topological polar surface area (TPSA) is 51.0 Å². The number of benzene rings is 1. The molecule has 4 nitrogen and oxygen atoms in total. The number of aromatic nitrogens is 2. The lowest BCUT2D eigenvalue weighted by Crippen LogP contribution is -2.22. The normalized spacial score (nSPS) is 12.1. The molecule has 2 aromatic rings. The van der Waals surface area contributed by atoms with Gasteiger partial charge >= 0.3 is 6.18 Å². The van der Waals surface area contributed by atoms with Crippen molar-refractivity contribution in [2.75, 3.05) is 0 Å². The monoisotopic (exact) mass is 285 g/mol. The summed E-state index contributed by atoms with van der Waals surface area (Å²) in [5.74, 6) is 0.489. The summed E-state index contributed by atoms with van der Waals surface area (Å²) in [6.07, 6.45) is -4.39. The maximum absolute atomic E-state index is 12.6. The second-order valence-corrected chi connectivity index (χ2v) is 4.63. The van der Waals surface area contributed by atoms with Gasteiger partial charge in [0, 0.05) is 11.6 Å². The molecule has 0 aliphatic rings. The van der Waals surface area contributed by atoms with Crippen molar-refractivity contribution in [3.05, 3.63) is 35.7 Å². The Kier molecular flexibility index (Phi) is 4.08. The highest BCUT2D eigenvalue weighted by Gasteiger charge is 2.30. The summed E-state index contributed by atoms with van der Waals surface area (Å²) in [4.78, 5) is 4.07. The van der Waals surface area contributed by atoms with Gasteiger partial charge in [0.05, 0.1) is 12.1 Å². The first kappa shape index (κ1) is 14.5. The van der Waals surface area contributed by atoms with E-state index in [0.717, 1.165) is 12.1 Å². The van der Waals surface area contributed by atoms with Crippen LogP contribution in [-0.4, -0.2) is 16.2 Å². The van der Waals surface area contributed by atoms with E-state index < -0.39 is 11.7 Å². The van der Waals surface area contributed by atoms with E-state index in [2.05, 4.69) is 15.5 Å². The van der Waals surface area contributed by atoms with Gasteiger partial charge in [-0.2, -0.15) is 18.2 Å². The van der Waals surface area contributed by atoms with Gasteiger partial charge in [0.2, 0.25) is 0 Å². The van der Waals surface area contributed by atoms with E-state index in [0.29, 0.717) is 12.4 Å². The van der Waals surface area contributed by atoms with Crippen molar-refractivity contribution < 1.29 is 17.7 Å². The molecule has 1 aromatic carbocycles. The van der Waals surface area contributed by atoms with Crippen molar-refractivity contribution in [2.24, 2.45) is 0 Å². The van der Waals surface area contributed by atoms with E-state index in [9.17, 15) is 13.2 Å². The van der Waals surface area contributed by atoms with Crippen molar-refractivity contribution in [3.8, 4) is 11.5 Å². The molecule has 0 unspecified atom stereocenters. The zero-order chi connectivity index (χ0) is 14.8. The smallest absolute Gasteiger partial charge is 0.334 e. The molecule has 1 N–H and O–H groups in total. The van der Waals surface area contributed by atoms with Crippen LogP contribution in [0.4, 0.5) is 13.2 Å². The summed E-state index contributed by atoms with van der Waals surface area (Å²) in [6.45, 7) is 4.34. The van der Waals surface area contributed by atoms with Crippen molar-refractivity contribution in [1.29, 1.82) is 0 Å². The Morgan fingerprint density at radius 1 is 1.30 bits per heavy atom. The predicted molar refractivity (Wildman–Crippen MR) is 66.7 cm³/mol. The Hall–Kier alpha value is -1.89. The highest BCUT2D eigenvalue weighted by Crippen LogP contribution is 2.31. The fourth-order valence-corrected chi connectivity index (χ4v) is 1.57. The van der Waals surface area contributed by atoms with Gasteiger partial charge in [0.25, 0.3) is 5.89 Å². The van der Waals surface area contributed by atoms with Crippen LogP contribution in [0.3, 0.4) is 0 Å². The van der Waals surface area contributed by atoms with Crippen LogP contribution < -0.4 is 5.32 Å². The van der Waals surface area contributed by atoms with E-state index in [4.69, 9.17) is 4.52 Å². The quantitative estimate of drug-likeness (QED) is 0.936. The Balaban J connectivity index is 2.20. The molecule has 0 aliphatic carbocycles. The highest BCUT2D eigenvalue weighted by atomic mass is 19.4. The Bertz CT molecular complexity index is 578. The molecule has 1 aromatic heterocycles. The molecule has 108 valence electrons. The van der Waals surface area contributed by atoms with Gasteiger partial charge < -0.3 is 9.84 Å². The number of alkyl halides is 3. The molecule has 0 aliphatic heterocycles. The van der Waals surface area contributed by atoms with Crippen LogP contribution in [0.5, 0.6) is 0 Å². The third-order valence-electron chi connectivity index (χ3n) is 2.57. The Morgan fingerprint density at radius 3 is 2.70 bits per heavy atom. The van der Waals surface area contributed by atoms with Crippen LogP contribution in [0.25, 0.3) is 11.5 Å². The Labute approximate surface area is 114 Å². The van der Waals surface area contributed by atoms with Gasteiger partial charge in [-0.3, -0.25) is 0 Å². The number of nitrogens with zero attached hydrogens (tertiary/aromatic N) is 2. The van der Waals surface area contributed by atoms with E-state index in [1.54, 1.807) is 0 Å². The van der Waals surface area contributed by atoms with Crippen LogP contribution in [0.2, 0.25) is 0 Å². The van der Waals surface area contributed by atoms with E-state index in [1.807, 2.05) is 13.8 Å². The fraction of sp³-hybridized carbons (Fsp3) is 0.385. The summed E-state index contributed by atoms with van der Waals surface area (Å²) in [5, 5.41) is 6.82. The first-order valence-electron chi connectivity index (χ1n) is 6.10. The van der Waals surface area contributed by atoms with Gasteiger partial charge in [0.1, 0.15) is 0 Å². The van der Waals surface area contributed by atoms with Crippen LogP contribution in [-0.2, 0) is 12.7 Å². The largest absolute Gasteiger partial charge is 0.416 e. The lowest BCUT2D eigenvalue weighted by atomic mass is 10.1. The molecule has 0 amide bonds. The molecule has 0 saturated heterocycles. The number of halogens is 3. The minimum Gasteiger partial charge on any atom is -0.334 e. The maximum Gasteiger partial charge on any atom is 0.416 e. The van der Waals surface area contributed by atoms with Gasteiger partial charge in [-0.05, 0) is 18.2 Å². The highest BCUT2D eigenvalue weighted by molar-refractivity contribution is 5.54. The zero-order valence-corrected chi connectivity index (χ0v) is 11.0. The van der Waals surface area contributed by atoms with Crippen molar-refractivity contribution in [2.45, 2.75) is 32.6 Å². The summed E-state index contributed by atoms with van der Waals surface area (Å²) >= 11 is 0. The van der Waals surface area contributed by atoms with Gasteiger partial charge in [0.15, 0.2) is 5.82 Å². The number of rotatable bonds is 4. The number of hydrogen-bond donors (Lipinski definition) is 1. The van der Waals surface area contributed by atoms with Gasteiger partial charge in [-0.25, -0.2) is 0 Å². The summed E-state index contributed by atoms with van der Waals surface area (Å²) in [7, 11) is 0. The van der Waals surface area contributed by atoms with E-state index in [-0.39, 0.29) is 17.5 Å². The molecule has 0 fully saturated rings. The van der Waals surface area contributed by atoms with Crippen molar-refractivity contribution in [1.82, 2.24) is 15.5 Å². The number of nitrogens with one attached hydrogen (secondary N) is 1. The molecule has 0 bridgehead atoms. The number of hydrogen-bond acceptors (Lipinski definition) is 4. The summed E-state index contributed by atoms with van der Waals surface area (Å²) in [5.41, 5.74) is -0.488. The fourth-order valence-electron chi connectivity index (χ4n) is 1.57. The second-order valence-electron chi connectivity index (χ2n) is 4.63. The summed E-state index contributed by atoms with van der Waals surface area (Å²) in [6, 6.07) is 5.07. The average Bonchev–Trinajstić information content (AvgIpc) is 2.84. The molecule has 20 heavy (non-hydrogen) atoms. The van der Waals surface area contributed by atoms with E-state index >= 15 is 0 Å². The van der Waals surface area contributed by atoms with Crippen LogP contribution in [0, 0.1) is 0 Å². The average molecular weight is 285 g/mol. The molecule has 1 heterocycles. The Morgan fingerprint density at radius 2 is 2.05 bits per heavy atom. The molecular weight excluding hydrogens is 271 g/mol. The SMILES string of the molecule is CC(C)NCc1noc(-c2cccc(C(F)(F)F)c2)n1. The molecule has 7 heteroatoms. The lowest BCUT2D eigenvalue weighted by molar-refractivity contribution is -0.137. The van der Waals surface area contributed by atoms with Crippen LogP contribution in [0.1, 0.15) is 25.2 Å². The minimum absolute atomic E-state index is 0.0802.